The fourth-order valence-electron chi connectivity index (χ4n) is 0.810. The molecule has 0 saturated carbocycles. The number of hydrogen-bond donors (Lipinski definition) is 0. The van der Waals surface area contributed by atoms with Crippen LogP contribution in [0.3, 0.4) is 0 Å². The Morgan fingerprint density at radius 3 is 3.10 bits per heavy atom. The SMILES string of the molecule is C#Cc1cc[c]c(CC)c1. The predicted molar refractivity (Wildman–Crippen MR) is 42.6 cm³/mol. The molecule has 1 aromatic rings. The number of rotatable bonds is 1. The first kappa shape index (κ1) is 6.89. The summed E-state index contributed by atoms with van der Waals surface area (Å²) >= 11 is 0. The van der Waals surface area contributed by atoms with E-state index in [1.807, 2.05) is 18.2 Å². The van der Waals surface area contributed by atoms with Crippen LogP contribution in [-0.2, 0) is 6.42 Å². The number of terminal acetylenes is 1. The lowest BCUT2D eigenvalue weighted by Gasteiger charge is -1.94. The van der Waals surface area contributed by atoms with Crippen molar-refractivity contribution in [3.05, 3.63) is 35.4 Å². The zero-order valence-electron chi connectivity index (χ0n) is 6.02. The minimum Gasteiger partial charge on any atom is -0.115 e. The molecule has 0 aromatic heterocycles. The molecule has 0 amide bonds. The molecule has 0 spiro atoms. The van der Waals surface area contributed by atoms with Gasteiger partial charge in [0.05, 0.1) is 0 Å². The van der Waals surface area contributed by atoms with Gasteiger partial charge in [0.15, 0.2) is 0 Å². The summed E-state index contributed by atoms with van der Waals surface area (Å²) in [6, 6.07) is 8.84. The van der Waals surface area contributed by atoms with Crippen LogP contribution in [-0.4, -0.2) is 0 Å². The van der Waals surface area contributed by atoms with E-state index in [0.717, 1.165) is 12.0 Å². The van der Waals surface area contributed by atoms with Gasteiger partial charge in [0.1, 0.15) is 0 Å². The maximum Gasteiger partial charge on any atom is 0.0245 e. The second-order valence-corrected chi connectivity index (χ2v) is 2.10. The summed E-state index contributed by atoms with van der Waals surface area (Å²) < 4.78 is 0. The average Bonchev–Trinajstić information content (AvgIpc) is 2.05. The first-order valence-corrected chi connectivity index (χ1v) is 3.34. The van der Waals surface area contributed by atoms with Crippen LogP contribution in [0.5, 0.6) is 0 Å². The molecular formula is C10H9. The van der Waals surface area contributed by atoms with E-state index in [9.17, 15) is 0 Å². The molecule has 1 radical (unpaired) electrons. The third-order valence-electron chi connectivity index (χ3n) is 1.41. The van der Waals surface area contributed by atoms with Gasteiger partial charge in [-0.3, -0.25) is 0 Å². The van der Waals surface area contributed by atoms with Crippen molar-refractivity contribution in [3.63, 3.8) is 0 Å². The van der Waals surface area contributed by atoms with Gasteiger partial charge in [-0.15, -0.1) is 6.42 Å². The zero-order valence-corrected chi connectivity index (χ0v) is 6.02. The summed E-state index contributed by atoms with van der Waals surface area (Å²) in [5, 5.41) is 0. The highest BCUT2D eigenvalue weighted by atomic mass is 13.9. The van der Waals surface area contributed by atoms with Crippen LogP contribution in [0, 0.1) is 18.4 Å². The largest absolute Gasteiger partial charge is 0.115 e. The van der Waals surface area contributed by atoms with Gasteiger partial charge in [-0.1, -0.05) is 18.9 Å². The molecule has 0 aliphatic heterocycles. The molecule has 0 bridgehead atoms. The topological polar surface area (TPSA) is 0 Å². The minimum absolute atomic E-state index is 0.940. The molecule has 0 N–H and O–H groups in total. The molecule has 0 aliphatic carbocycles. The maximum absolute atomic E-state index is 5.21. The van der Waals surface area contributed by atoms with E-state index in [0.29, 0.717) is 0 Å². The van der Waals surface area contributed by atoms with Gasteiger partial charge in [0.25, 0.3) is 0 Å². The second kappa shape index (κ2) is 3.08. The van der Waals surface area contributed by atoms with Crippen LogP contribution in [0.2, 0.25) is 0 Å². The molecule has 0 heterocycles. The summed E-state index contributed by atoms with van der Waals surface area (Å²) in [5.41, 5.74) is 2.12. The number of hydrogen-bond acceptors (Lipinski definition) is 0. The van der Waals surface area contributed by atoms with E-state index in [-0.39, 0.29) is 0 Å². The monoisotopic (exact) mass is 129 g/mol. The molecule has 0 saturated heterocycles. The van der Waals surface area contributed by atoms with Crippen molar-refractivity contribution < 1.29 is 0 Å². The lowest BCUT2D eigenvalue weighted by molar-refractivity contribution is 1.13. The first-order valence-electron chi connectivity index (χ1n) is 3.34. The van der Waals surface area contributed by atoms with Crippen LogP contribution in [0.4, 0.5) is 0 Å². The highest BCUT2D eigenvalue weighted by Crippen LogP contribution is 2.02. The molecule has 49 valence electrons. The summed E-state index contributed by atoms with van der Waals surface area (Å²) in [5.74, 6) is 2.58. The van der Waals surface area contributed by atoms with Crippen LogP contribution in [0.15, 0.2) is 18.2 Å². The Bertz CT molecular complexity index is 253. The molecule has 0 heteroatoms. The summed E-state index contributed by atoms with van der Waals surface area (Å²) in [4.78, 5) is 0. The van der Waals surface area contributed by atoms with Crippen LogP contribution >= 0.6 is 0 Å². The second-order valence-electron chi connectivity index (χ2n) is 2.10. The Hall–Kier alpha value is -1.22. The smallest absolute Gasteiger partial charge is 0.0245 e. The van der Waals surface area contributed by atoms with Gasteiger partial charge in [0.2, 0.25) is 0 Å². The Morgan fingerprint density at radius 1 is 1.70 bits per heavy atom. The van der Waals surface area contributed by atoms with Crippen molar-refractivity contribution in [3.8, 4) is 12.3 Å². The molecule has 0 fully saturated rings. The van der Waals surface area contributed by atoms with Crippen molar-refractivity contribution in [2.24, 2.45) is 0 Å². The van der Waals surface area contributed by atoms with Crippen molar-refractivity contribution in [1.29, 1.82) is 0 Å². The third kappa shape index (κ3) is 1.39. The molecule has 0 atom stereocenters. The van der Waals surface area contributed by atoms with Gasteiger partial charge in [-0.05, 0) is 30.2 Å². The molecular weight excluding hydrogens is 120 g/mol. The molecule has 0 aliphatic rings. The lowest BCUT2D eigenvalue weighted by atomic mass is 10.1. The molecule has 0 unspecified atom stereocenters. The molecule has 10 heavy (non-hydrogen) atoms. The van der Waals surface area contributed by atoms with E-state index in [2.05, 4.69) is 18.9 Å². The standard InChI is InChI=1S/C10H9/c1-3-9-6-5-7-10(4-2)8-9/h1,5-6,8H,4H2,2H3. The predicted octanol–water partition coefficient (Wildman–Crippen LogP) is 2.03. The van der Waals surface area contributed by atoms with E-state index < -0.39 is 0 Å². The molecule has 0 nitrogen and oxygen atoms in total. The average molecular weight is 129 g/mol. The summed E-state index contributed by atoms with van der Waals surface area (Å²) in [6.45, 7) is 2.09. The maximum atomic E-state index is 5.21. The van der Waals surface area contributed by atoms with Crippen LogP contribution in [0.1, 0.15) is 18.1 Å². The quantitative estimate of drug-likeness (QED) is 0.509. The van der Waals surface area contributed by atoms with Gasteiger partial charge >= 0.3 is 0 Å². The Kier molecular flexibility index (Phi) is 2.12. The van der Waals surface area contributed by atoms with Gasteiger partial charge in [-0.2, -0.15) is 0 Å². The highest BCUT2D eigenvalue weighted by Gasteiger charge is 1.88. The van der Waals surface area contributed by atoms with E-state index in [1.165, 1.54) is 5.56 Å². The van der Waals surface area contributed by atoms with Crippen molar-refractivity contribution in [1.82, 2.24) is 0 Å². The summed E-state index contributed by atoms with van der Waals surface area (Å²) in [6.07, 6.45) is 6.21. The minimum atomic E-state index is 0.940. The Labute approximate surface area is 61.9 Å². The fourth-order valence-corrected chi connectivity index (χ4v) is 0.810. The zero-order chi connectivity index (χ0) is 7.40. The van der Waals surface area contributed by atoms with Crippen molar-refractivity contribution in [2.75, 3.05) is 0 Å². The first-order chi connectivity index (χ1) is 4.86. The fraction of sp³-hybridized carbons (Fsp3) is 0.200. The van der Waals surface area contributed by atoms with Crippen molar-refractivity contribution in [2.45, 2.75) is 13.3 Å². The van der Waals surface area contributed by atoms with E-state index in [4.69, 9.17) is 6.42 Å². The van der Waals surface area contributed by atoms with Crippen LogP contribution < -0.4 is 0 Å². The van der Waals surface area contributed by atoms with E-state index >= 15 is 0 Å². The normalized spacial score (nSPS) is 8.80. The van der Waals surface area contributed by atoms with Gasteiger partial charge < -0.3 is 0 Å². The number of benzene rings is 1. The molecule has 1 aromatic carbocycles. The van der Waals surface area contributed by atoms with Crippen LogP contribution in [0.25, 0.3) is 0 Å². The Morgan fingerprint density at radius 2 is 2.50 bits per heavy atom. The van der Waals surface area contributed by atoms with E-state index in [1.54, 1.807) is 0 Å². The van der Waals surface area contributed by atoms with Gasteiger partial charge in [-0.25, -0.2) is 0 Å². The number of aryl methyl sites for hydroxylation is 1. The lowest BCUT2D eigenvalue weighted by Crippen LogP contribution is -1.80. The third-order valence-corrected chi connectivity index (χ3v) is 1.41. The van der Waals surface area contributed by atoms with Gasteiger partial charge in [0, 0.05) is 5.56 Å². The summed E-state index contributed by atoms with van der Waals surface area (Å²) in [7, 11) is 0. The van der Waals surface area contributed by atoms with Crippen molar-refractivity contribution >= 4 is 0 Å². The Balaban J connectivity index is 3.01. The molecule has 1 rings (SSSR count). The highest BCUT2D eigenvalue weighted by molar-refractivity contribution is 5.34.